The highest BCUT2D eigenvalue weighted by molar-refractivity contribution is 7.98. The zero-order chi connectivity index (χ0) is 27.0. The number of hydrogen-bond acceptors (Lipinski definition) is 6. The van der Waals surface area contributed by atoms with E-state index in [0.717, 1.165) is 29.8 Å². The van der Waals surface area contributed by atoms with Crippen LogP contribution >= 0.6 is 21.0 Å². The summed E-state index contributed by atoms with van der Waals surface area (Å²) >= 11 is 1.50. The minimum Gasteiger partial charge on any atom is -0.448 e. The van der Waals surface area contributed by atoms with E-state index >= 15 is 0 Å². The Morgan fingerprint density at radius 2 is 1.97 bits per heavy atom. The predicted octanol–water partition coefficient (Wildman–Crippen LogP) is 5.84. The smallest absolute Gasteiger partial charge is 0.273 e. The number of aromatic nitrogens is 3. The molecule has 0 N–H and O–H groups in total. The van der Waals surface area contributed by atoms with Crippen molar-refractivity contribution in [2.75, 3.05) is 26.0 Å². The molecule has 0 radical (unpaired) electrons. The zero-order valence-corrected chi connectivity index (χ0v) is 23.6. The van der Waals surface area contributed by atoms with Crippen LogP contribution in [0.15, 0.2) is 52.9 Å². The molecule has 1 unspecified atom stereocenters. The number of aryl methyl sites for hydroxylation is 2. The molecule has 0 aliphatic rings. The monoisotopic (exact) mass is 537 g/mol. The average Bonchev–Trinajstić information content (AvgIpc) is 3.40. The number of carbonyl (C=O) groups is 1. The summed E-state index contributed by atoms with van der Waals surface area (Å²) in [5, 5.41) is 0.728. The van der Waals surface area contributed by atoms with Crippen molar-refractivity contribution >= 4 is 32.7 Å². The van der Waals surface area contributed by atoms with Crippen molar-refractivity contribution in [3.05, 3.63) is 71.7 Å². The maximum absolute atomic E-state index is 13.2. The second kappa shape index (κ2) is 13.0. The molecular weight excluding hydrogens is 503 g/mol. The first-order valence-electron chi connectivity index (χ1n) is 11.3. The fourth-order valence-electron chi connectivity index (χ4n) is 3.13. The standard InChI is InChI=1S/C23H29N5O2S.C2H5F2P/c1-7-18-14-30-19(24-18)15-31-23-25-21(27(6)8-2)20(22(29)26(4)5)28(23)13-17-11-9-10-16(3)12-17;1-2(3,4)5/h8-12,14H,2,7,13,15H2,1,3-6H3;5H2,1H3. The Bertz CT molecular complexity index is 1170. The minimum atomic E-state index is -2.58. The third-order valence-electron chi connectivity index (χ3n) is 4.84. The summed E-state index contributed by atoms with van der Waals surface area (Å²) in [4.78, 5) is 25.8. The van der Waals surface area contributed by atoms with Crippen molar-refractivity contribution in [1.82, 2.24) is 19.4 Å². The van der Waals surface area contributed by atoms with E-state index in [-0.39, 0.29) is 5.91 Å². The fourth-order valence-corrected chi connectivity index (χ4v) is 3.98. The van der Waals surface area contributed by atoms with Crippen LogP contribution in [0.5, 0.6) is 0 Å². The second-order valence-corrected chi connectivity index (χ2v) is 10.4. The minimum absolute atomic E-state index is 0.111. The van der Waals surface area contributed by atoms with Crippen molar-refractivity contribution in [3.8, 4) is 0 Å². The van der Waals surface area contributed by atoms with E-state index in [4.69, 9.17) is 9.40 Å². The molecule has 2 heterocycles. The van der Waals surface area contributed by atoms with E-state index in [0.29, 0.717) is 29.7 Å². The average molecular weight is 538 g/mol. The highest BCUT2D eigenvalue weighted by Gasteiger charge is 2.27. The van der Waals surface area contributed by atoms with Gasteiger partial charge in [-0.25, -0.2) is 18.7 Å². The summed E-state index contributed by atoms with van der Waals surface area (Å²) < 4.78 is 29.5. The molecule has 36 heavy (non-hydrogen) atoms. The second-order valence-electron chi connectivity index (χ2n) is 8.47. The molecule has 0 saturated heterocycles. The van der Waals surface area contributed by atoms with Gasteiger partial charge in [0.2, 0.25) is 5.89 Å². The molecule has 3 aromatic rings. The third-order valence-corrected chi connectivity index (χ3v) is 5.80. The SMILES string of the molecule is C=CN(C)c1nc(SCc2nc(CC)co2)n(Cc2cccc(C)c2)c1C(=O)N(C)C.CC(F)(F)P. The molecule has 3 rings (SSSR count). The Kier molecular flexibility index (Phi) is 10.7. The summed E-state index contributed by atoms with van der Waals surface area (Å²) in [7, 11) is 6.72. The number of halogens is 2. The van der Waals surface area contributed by atoms with Gasteiger partial charge in [-0.3, -0.25) is 4.79 Å². The lowest BCUT2D eigenvalue weighted by Crippen LogP contribution is -2.27. The number of oxazole rings is 1. The van der Waals surface area contributed by atoms with Gasteiger partial charge in [0, 0.05) is 28.1 Å². The van der Waals surface area contributed by atoms with E-state index < -0.39 is 5.66 Å². The molecule has 2 aromatic heterocycles. The summed E-state index contributed by atoms with van der Waals surface area (Å²) in [5.74, 6) is 1.63. The molecule has 0 spiro atoms. The maximum atomic E-state index is 13.2. The molecule has 0 fully saturated rings. The van der Waals surface area contributed by atoms with Gasteiger partial charge in [0.05, 0.1) is 18.0 Å². The van der Waals surface area contributed by atoms with Crippen LogP contribution in [0.3, 0.4) is 0 Å². The van der Waals surface area contributed by atoms with Crippen molar-refractivity contribution in [2.24, 2.45) is 0 Å². The molecule has 11 heteroatoms. The van der Waals surface area contributed by atoms with E-state index in [9.17, 15) is 13.6 Å². The largest absolute Gasteiger partial charge is 0.448 e. The van der Waals surface area contributed by atoms with Gasteiger partial charge in [-0.2, -0.15) is 0 Å². The van der Waals surface area contributed by atoms with Crippen LogP contribution in [0.25, 0.3) is 0 Å². The van der Waals surface area contributed by atoms with Crippen molar-refractivity contribution in [2.45, 2.75) is 50.3 Å². The van der Waals surface area contributed by atoms with Gasteiger partial charge in [0.1, 0.15) is 6.26 Å². The van der Waals surface area contributed by atoms with Gasteiger partial charge in [0.25, 0.3) is 11.6 Å². The van der Waals surface area contributed by atoms with Crippen LogP contribution in [0.2, 0.25) is 0 Å². The first-order chi connectivity index (χ1) is 16.8. The quantitative estimate of drug-likeness (QED) is 0.252. The van der Waals surface area contributed by atoms with E-state index in [1.807, 2.05) is 24.6 Å². The Hall–Kier alpha value is -2.71. The van der Waals surface area contributed by atoms with Gasteiger partial charge in [-0.1, -0.05) is 64.3 Å². The lowest BCUT2D eigenvalue weighted by atomic mass is 10.1. The van der Waals surface area contributed by atoms with Gasteiger partial charge in [-0.15, -0.1) is 0 Å². The van der Waals surface area contributed by atoms with E-state index in [1.54, 1.807) is 36.4 Å². The van der Waals surface area contributed by atoms with E-state index in [1.165, 1.54) is 26.6 Å². The number of anilines is 1. The number of hydrogen-bond donors (Lipinski definition) is 0. The predicted molar refractivity (Wildman–Crippen MR) is 145 cm³/mol. The number of imidazole rings is 1. The normalized spacial score (nSPS) is 11.0. The van der Waals surface area contributed by atoms with Crippen LogP contribution in [0.1, 0.15) is 47.0 Å². The van der Waals surface area contributed by atoms with E-state index in [2.05, 4.69) is 36.7 Å². The molecule has 0 bridgehead atoms. The number of amides is 1. The molecule has 1 atom stereocenters. The summed E-state index contributed by atoms with van der Waals surface area (Å²) in [6.07, 6.45) is 4.17. The topological polar surface area (TPSA) is 67.4 Å². The van der Waals surface area contributed by atoms with Crippen LogP contribution in [0.4, 0.5) is 14.6 Å². The molecule has 7 nitrogen and oxygen atoms in total. The van der Waals surface area contributed by atoms with Crippen LogP contribution in [-0.2, 0) is 18.7 Å². The molecule has 0 saturated carbocycles. The van der Waals surface area contributed by atoms with Crippen LogP contribution in [0, 0.1) is 6.92 Å². The van der Waals surface area contributed by atoms with Crippen LogP contribution < -0.4 is 4.90 Å². The lowest BCUT2D eigenvalue weighted by Gasteiger charge is -2.18. The fraction of sp³-hybridized carbons (Fsp3) is 0.400. The number of thioether (sulfide) groups is 1. The van der Waals surface area contributed by atoms with Gasteiger partial charge in [0.15, 0.2) is 16.7 Å². The summed E-state index contributed by atoms with van der Waals surface area (Å²) in [6.45, 7) is 9.29. The highest BCUT2D eigenvalue weighted by Crippen LogP contribution is 2.31. The third kappa shape index (κ3) is 8.75. The number of nitrogens with zero attached hydrogens (tertiary/aromatic N) is 5. The summed E-state index contributed by atoms with van der Waals surface area (Å²) in [6, 6.07) is 8.27. The Morgan fingerprint density at radius 1 is 1.31 bits per heavy atom. The van der Waals surface area contributed by atoms with Gasteiger partial charge in [-0.05, 0) is 25.1 Å². The maximum Gasteiger partial charge on any atom is 0.273 e. The Morgan fingerprint density at radius 3 is 2.50 bits per heavy atom. The number of carbonyl (C=O) groups excluding carboxylic acids is 1. The lowest BCUT2D eigenvalue weighted by molar-refractivity contribution is 0.0817. The Labute approximate surface area is 218 Å². The number of benzene rings is 1. The highest BCUT2D eigenvalue weighted by atomic mass is 32.2. The number of alkyl halides is 2. The van der Waals surface area contributed by atoms with Gasteiger partial charge >= 0.3 is 0 Å². The molecule has 1 aromatic carbocycles. The molecular formula is C25H34F2N5O2PS. The van der Waals surface area contributed by atoms with Gasteiger partial charge < -0.3 is 18.8 Å². The first-order valence-corrected chi connectivity index (χ1v) is 12.9. The molecule has 0 aliphatic carbocycles. The zero-order valence-electron chi connectivity index (χ0n) is 21.6. The molecule has 0 aliphatic heterocycles. The number of rotatable bonds is 9. The Balaban J connectivity index is 0.000000830. The van der Waals surface area contributed by atoms with Crippen molar-refractivity contribution in [1.29, 1.82) is 0 Å². The van der Waals surface area contributed by atoms with Crippen LogP contribution in [-0.4, -0.2) is 52.1 Å². The molecule has 1 amide bonds. The summed E-state index contributed by atoms with van der Waals surface area (Å²) in [5.41, 5.74) is 1.14. The van der Waals surface area contributed by atoms with Crippen molar-refractivity contribution < 1.29 is 18.0 Å². The van der Waals surface area contributed by atoms with Crippen molar-refractivity contribution in [3.63, 3.8) is 0 Å². The molecule has 196 valence electrons. The first kappa shape index (κ1) is 29.5.